The summed E-state index contributed by atoms with van der Waals surface area (Å²) in [4.78, 5) is 24.5. The number of carbonyl (C=O) groups is 2. The fraction of sp³-hybridized carbons (Fsp3) is 0.964. The van der Waals surface area contributed by atoms with Crippen LogP contribution in [0.2, 0.25) is 0 Å². The van der Waals surface area contributed by atoms with Crippen molar-refractivity contribution in [2.75, 3.05) is 13.2 Å². The van der Waals surface area contributed by atoms with E-state index in [-0.39, 0.29) is 18.5 Å². The van der Waals surface area contributed by atoms with Gasteiger partial charge in [0.15, 0.2) is 0 Å². The maximum atomic E-state index is 12.4. The molecule has 3 N–H and O–H groups in total. The van der Waals surface area contributed by atoms with Gasteiger partial charge in [-0.3, -0.25) is 9.59 Å². The molecular weight excluding hydrogens is 755 g/mol. The van der Waals surface area contributed by atoms with Crippen molar-refractivity contribution in [2.24, 2.45) is 0 Å². The van der Waals surface area contributed by atoms with Crippen molar-refractivity contribution in [1.29, 1.82) is 0 Å². The van der Waals surface area contributed by atoms with Gasteiger partial charge in [0.05, 0.1) is 25.4 Å². The van der Waals surface area contributed by atoms with Crippen molar-refractivity contribution in [3.8, 4) is 0 Å². The molecule has 0 rings (SSSR count). The fourth-order valence-corrected chi connectivity index (χ4v) is 8.88. The summed E-state index contributed by atoms with van der Waals surface area (Å²) in [6.07, 6.45) is 58.1. The van der Waals surface area contributed by atoms with E-state index in [2.05, 4.69) is 19.2 Å². The summed E-state index contributed by atoms with van der Waals surface area (Å²) in [6.45, 7) is 4.95. The van der Waals surface area contributed by atoms with Crippen LogP contribution in [0.5, 0.6) is 0 Å². The van der Waals surface area contributed by atoms with Crippen LogP contribution in [0.1, 0.15) is 316 Å². The van der Waals surface area contributed by atoms with Gasteiger partial charge in [0.2, 0.25) is 5.91 Å². The lowest BCUT2D eigenvalue weighted by Crippen LogP contribution is -2.45. The number of hydrogen-bond acceptors (Lipinski definition) is 5. The Morgan fingerprint density at radius 3 is 1.00 bits per heavy atom. The van der Waals surface area contributed by atoms with Crippen LogP contribution < -0.4 is 5.32 Å². The quantitative estimate of drug-likeness (QED) is 0.0418. The maximum Gasteiger partial charge on any atom is 0.305 e. The smallest absolute Gasteiger partial charge is 0.305 e. The predicted octanol–water partition coefficient (Wildman–Crippen LogP) is 16.7. The molecule has 0 heterocycles. The average molecular weight is 864 g/mol. The molecule has 0 aromatic carbocycles. The first-order chi connectivity index (χ1) is 30.0. The second-order valence-corrected chi connectivity index (χ2v) is 19.3. The van der Waals surface area contributed by atoms with Crippen LogP contribution in [0, 0.1) is 0 Å². The highest BCUT2D eigenvalue weighted by Crippen LogP contribution is 2.18. The first kappa shape index (κ1) is 59.9. The van der Waals surface area contributed by atoms with E-state index in [1.165, 1.54) is 244 Å². The number of amides is 1. The topological polar surface area (TPSA) is 95.9 Å². The maximum absolute atomic E-state index is 12.4. The Morgan fingerprint density at radius 2 is 0.672 bits per heavy atom. The number of rotatable bonds is 52. The first-order valence-electron chi connectivity index (χ1n) is 27.8. The van der Waals surface area contributed by atoms with Crippen LogP contribution in [0.3, 0.4) is 0 Å². The molecule has 6 nitrogen and oxygen atoms in total. The van der Waals surface area contributed by atoms with Crippen LogP contribution in [0.15, 0.2) is 0 Å². The molecule has 61 heavy (non-hydrogen) atoms. The Balaban J connectivity index is 3.35. The normalized spacial score (nSPS) is 12.5. The molecule has 6 heteroatoms. The third-order valence-electron chi connectivity index (χ3n) is 13.2. The molecule has 0 fully saturated rings. The molecule has 0 aromatic rings. The number of nitrogens with one attached hydrogen (secondary N) is 1. The lowest BCUT2D eigenvalue weighted by molar-refractivity contribution is -0.143. The highest BCUT2D eigenvalue weighted by atomic mass is 16.5. The number of esters is 1. The Hall–Kier alpha value is -1.14. The Kier molecular flexibility index (Phi) is 50.5. The summed E-state index contributed by atoms with van der Waals surface area (Å²) in [5.74, 6) is -0.0255. The Morgan fingerprint density at radius 1 is 0.393 bits per heavy atom. The summed E-state index contributed by atoms with van der Waals surface area (Å²) in [5.41, 5.74) is 0. The van der Waals surface area contributed by atoms with Crippen LogP contribution in [-0.2, 0) is 14.3 Å². The molecule has 364 valence electrons. The molecular formula is C55H109NO5. The van der Waals surface area contributed by atoms with Crippen molar-refractivity contribution >= 4 is 11.9 Å². The molecule has 0 saturated heterocycles. The summed E-state index contributed by atoms with van der Waals surface area (Å²) in [5, 5.41) is 23.1. The van der Waals surface area contributed by atoms with E-state index in [0.29, 0.717) is 25.9 Å². The second-order valence-electron chi connectivity index (χ2n) is 19.3. The van der Waals surface area contributed by atoms with Gasteiger partial charge in [0.1, 0.15) is 0 Å². The summed E-state index contributed by atoms with van der Waals surface area (Å²) in [7, 11) is 0. The number of aliphatic hydroxyl groups is 2. The van der Waals surface area contributed by atoms with Crippen LogP contribution in [0.4, 0.5) is 0 Å². The lowest BCUT2D eigenvalue weighted by atomic mass is 10.0. The second kappa shape index (κ2) is 51.5. The number of hydrogen-bond donors (Lipinski definition) is 3. The molecule has 0 saturated carbocycles. The van der Waals surface area contributed by atoms with Crippen LogP contribution in [0.25, 0.3) is 0 Å². The predicted molar refractivity (Wildman–Crippen MR) is 264 cm³/mol. The lowest BCUT2D eigenvalue weighted by Gasteiger charge is -2.22. The number of unbranched alkanes of at least 4 members (excludes halogenated alkanes) is 41. The van der Waals surface area contributed by atoms with E-state index in [1.54, 1.807) is 0 Å². The fourth-order valence-electron chi connectivity index (χ4n) is 8.88. The van der Waals surface area contributed by atoms with E-state index in [4.69, 9.17) is 4.74 Å². The standard InChI is InChI=1S/C55H109NO5/c1-3-5-7-9-11-13-15-16-22-26-29-33-37-41-45-49-55(60)61-50-46-42-38-34-30-27-24-21-19-17-18-20-23-25-28-32-36-40-44-48-54(59)56-52(51-57)53(58)47-43-39-35-31-14-12-10-8-6-4-2/h52-53,57-58H,3-51H2,1-2H3,(H,56,59). The van der Waals surface area contributed by atoms with E-state index < -0.39 is 12.1 Å². The van der Waals surface area contributed by atoms with Gasteiger partial charge in [-0.25, -0.2) is 0 Å². The third-order valence-corrected chi connectivity index (χ3v) is 13.2. The van der Waals surface area contributed by atoms with E-state index in [1.807, 2.05) is 0 Å². The largest absolute Gasteiger partial charge is 0.466 e. The molecule has 0 spiro atoms. The van der Waals surface area contributed by atoms with Gasteiger partial charge in [-0.15, -0.1) is 0 Å². The van der Waals surface area contributed by atoms with Gasteiger partial charge in [-0.05, 0) is 25.7 Å². The zero-order chi connectivity index (χ0) is 44.4. The molecule has 0 aliphatic heterocycles. The SMILES string of the molecule is CCCCCCCCCCCCCCCCCC(=O)OCCCCCCCCCCCCCCCCCCCCCC(=O)NC(CO)C(O)CCCCCCCCCCCC. The molecule has 0 radical (unpaired) electrons. The summed E-state index contributed by atoms with van der Waals surface area (Å²) in [6, 6.07) is -0.540. The number of aliphatic hydroxyl groups excluding tert-OH is 2. The number of ether oxygens (including phenoxy) is 1. The molecule has 0 bridgehead atoms. The zero-order valence-corrected chi connectivity index (χ0v) is 41.4. The first-order valence-corrected chi connectivity index (χ1v) is 27.8. The van der Waals surface area contributed by atoms with Crippen molar-refractivity contribution in [3.63, 3.8) is 0 Å². The molecule has 2 unspecified atom stereocenters. The minimum atomic E-state index is -0.663. The number of carbonyl (C=O) groups excluding carboxylic acids is 2. The van der Waals surface area contributed by atoms with Gasteiger partial charge in [0, 0.05) is 12.8 Å². The van der Waals surface area contributed by atoms with Crippen molar-refractivity contribution in [2.45, 2.75) is 328 Å². The van der Waals surface area contributed by atoms with Crippen molar-refractivity contribution in [3.05, 3.63) is 0 Å². The molecule has 2 atom stereocenters. The highest BCUT2D eigenvalue weighted by molar-refractivity contribution is 5.76. The minimum absolute atomic E-state index is 0.0124. The van der Waals surface area contributed by atoms with E-state index >= 15 is 0 Å². The van der Waals surface area contributed by atoms with Crippen LogP contribution >= 0.6 is 0 Å². The van der Waals surface area contributed by atoms with Gasteiger partial charge in [0.25, 0.3) is 0 Å². The third kappa shape index (κ3) is 48.2. The molecule has 0 aliphatic carbocycles. The molecule has 0 aliphatic rings. The Labute approximate surface area is 381 Å². The minimum Gasteiger partial charge on any atom is -0.466 e. The van der Waals surface area contributed by atoms with Gasteiger partial charge >= 0.3 is 5.97 Å². The van der Waals surface area contributed by atoms with Gasteiger partial charge in [-0.1, -0.05) is 277 Å². The highest BCUT2D eigenvalue weighted by Gasteiger charge is 2.20. The van der Waals surface area contributed by atoms with Crippen molar-refractivity contribution in [1.82, 2.24) is 5.32 Å². The van der Waals surface area contributed by atoms with Crippen molar-refractivity contribution < 1.29 is 24.5 Å². The monoisotopic (exact) mass is 864 g/mol. The van der Waals surface area contributed by atoms with E-state index in [9.17, 15) is 19.8 Å². The molecule has 1 amide bonds. The Bertz CT molecular complexity index is 867. The molecule has 0 aromatic heterocycles. The van der Waals surface area contributed by atoms with Gasteiger partial charge < -0.3 is 20.3 Å². The van der Waals surface area contributed by atoms with Crippen LogP contribution in [-0.4, -0.2) is 47.4 Å². The zero-order valence-electron chi connectivity index (χ0n) is 41.4. The summed E-state index contributed by atoms with van der Waals surface area (Å²) >= 11 is 0. The van der Waals surface area contributed by atoms with E-state index in [0.717, 1.165) is 38.5 Å². The van der Waals surface area contributed by atoms with Gasteiger partial charge in [-0.2, -0.15) is 0 Å². The summed E-state index contributed by atoms with van der Waals surface area (Å²) < 4.78 is 5.48. The average Bonchev–Trinajstić information content (AvgIpc) is 3.26.